The predicted molar refractivity (Wildman–Crippen MR) is 72.0 cm³/mol. The summed E-state index contributed by atoms with van der Waals surface area (Å²) in [7, 11) is 0. The van der Waals surface area contributed by atoms with Crippen LogP contribution >= 0.6 is 0 Å². The molecule has 20 heavy (non-hydrogen) atoms. The Kier molecular flexibility index (Phi) is 4.19. The number of nitro groups is 1. The molecule has 2 rings (SSSR count). The minimum absolute atomic E-state index is 0.0178. The van der Waals surface area contributed by atoms with Gasteiger partial charge in [0.1, 0.15) is 0 Å². The van der Waals surface area contributed by atoms with Crippen LogP contribution in [0.1, 0.15) is 12.0 Å². The number of aryl methyl sites for hydroxylation is 1. The van der Waals surface area contributed by atoms with E-state index in [9.17, 15) is 14.9 Å². The summed E-state index contributed by atoms with van der Waals surface area (Å²) < 4.78 is 5.31. The molecule has 1 atom stereocenters. The maximum Gasteiger partial charge on any atom is 0.305 e. The van der Waals surface area contributed by atoms with E-state index in [-0.39, 0.29) is 18.2 Å². The molecule has 1 aliphatic heterocycles. The normalized spacial score (nSPS) is 18.9. The summed E-state index contributed by atoms with van der Waals surface area (Å²) in [5.41, 5.74) is 1.42. The highest BCUT2D eigenvalue weighted by Gasteiger charge is 2.26. The van der Waals surface area contributed by atoms with E-state index in [0.717, 1.165) is 5.69 Å². The van der Waals surface area contributed by atoms with Gasteiger partial charge in [0.2, 0.25) is 0 Å². The van der Waals surface area contributed by atoms with Crippen LogP contribution in [-0.4, -0.2) is 41.8 Å². The van der Waals surface area contributed by atoms with Gasteiger partial charge in [0.25, 0.3) is 5.69 Å². The summed E-state index contributed by atoms with van der Waals surface area (Å²) >= 11 is 0. The van der Waals surface area contributed by atoms with Crippen molar-refractivity contribution in [2.24, 2.45) is 0 Å². The number of carboxylic acid groups (broad SMARTS) is 1. The van der Waals surface area contributed by atoms with Gasteiger partial charge in [-0.25, -0.2) is 0 Å². The zero-order chi connectivity index (χ0) is 14.7. The molecule has 0 aliphatic carbocycles. The number of nitrogens with zero attached hydrogens (tertiary/aromatic N) is 2. The first-order valence-electron chi connectivity index (χ1n) is 6.30. The van der Waals surface area contributed by atoms with Crippen molar-refractivity contribution in [1.82, 2.24) is 0 Å². The first-order chi connectivity index (χ1) is 9.49. The van der Waals surface area contributed by atoms with E-state index in [1.165, 1.54) is 6.07 Å². The maximum atomic E-state index is 10.9. The molecule has 1 unspecified atom stereocenters. The number of carbonyl (C=O) groups is 1. The van der Waals surface area contributed by atoms with Crippen LogP contribution in [0.25, 0.3) is 0 Å². The number of nitro benzene ring substituents is 1. The van der Waals surface area contributed by atoms with E-state index in [0.29, 0.717) is 25.3 Å². The topological polar surface area (TPSA) is 92.9 Å². The van der Waals surface area contributed by atoms with E-state index >= 15 is 0 Å². The van der Waals surface area contributed by atoms with Crippen LogP contribution < -0.4 is 4.90 Å². The lowest BCUT2D eigenvalue weighted by Crippen LogP contribution is -2.46. The summed E-state index contributed by atoms with van der Waals surface area (Å²) in [5, 5.41) is 19.7. The Labute approximate surface area is 115 Å². The third-order valence-corrected chi connectivity index (χ3v) is 3.35. The molecule has 0 saturated carbocycles. The van der Waals surface area contributed by atoms with Crippen molar-refractivity contribution in [3.05, 3.63) is 33.9 Å². The van der Waals surface area contributed by atoms with Crippen molar-refractivity contribution < 1.29 is 19.6 Å². The van der Waals surface area contributed by atoms with Crippen molar-refractivity contribution in [1.29, 1.82) is 0 Å². The number of morpholine rings is 1. The van der Waals surface area contributed by atoms with Crippen molar-refractivity contribution in [3.63, 3.8) is 0 Å². The molecule has 1 saturated heterocycles. The van der Waals surface area contributed by atoms with E-state index in [1.54, 1.807) is 19.1 Å². The summed E-state index contributed by atoms with van der Waals surface area (Å²) in [6.45, 7) is 3.12. The molecule has 1 aliphatic rings. The molecular weight excluding hydrogens is 264 g/mol. The molecule has 1 aromatic rings. The highest BCUT2D eigenvalue weighted by molar-refractivity contribution is 5.69. The molecule has 1 fully saturated rings. The van der Waals surface area contributed by atoms with E-state index < -0.39 is 10.9 Å². The van der Waals surface area contributed by atoms with Crippen LogP contribution in [-0.2, 0) is 9.53 Å². The van der Waals surface area contributed by atoms with Crippen molar-refractivity contribution in [3.8, 4) is 0 Å². The molecule has 7 nitrogen and oxygen atoms in total. The molecule has 1 aromatic carbocycles. The fourth-order valence-electron chi connectivity index (χ4n) is 2.39. The molecule has 0 amide bonds. The summed E-state index contributed by atoms with van der Waals surface area (Å²) in [5.74, 6) is -0.885. The molecular formula is C13H16N2O5. The minimum atomic E-state index is -0.885. The number of ether oxygens (including phenoxy) is 1. The van der Waals surface area contributed by atoms with Crippen LogP contribution in [0, 0.1) is 17.0 Å². The van der Waals surface area contributed by atoms with Gasteiger partial charge < -0.3 is 14.7 Å². The van der Waals surface area contributed by atoms with Gasteiger partial charge in [-0.2, -0.15) is 0 Å². The van der Waals surface area contributed by atoms with Gasteiger partial charge in [0, 0.05) is 23.9 Å². The van der Waals surface area contributed by atoms with Gasteiger partial charge in [-0.1, -0.05) is 0 Å². The first kappa shape index (κ1) is 14.3. The number of hydrogen-bond donors (Lipinski definition) is 1. The second-order valence-electron chi connectivity index (χ2n) is 4.75. The Morgan fingerprint density at radius 1 is 1.60 bits per heavy atom. The van der Waals surface area contributed by atoms with Gasteiger partial charge in [0.05, 0.1) is 30.6 Å². The largest absolute Gasteiger partial charge is 0.481 e. The fraction of sp³-hybridized carbons (Fsp3) is 0.462. The zero-order valence-corrected chi connectivity index (χ0v) is 11.1. The van der Waals surface area contributed by atoms with Gasteiger partial charge in [-0.05, 0) is 19.1 Å². The zero-order valence-electron chi connectivity index (χ0n) is 11.1. The third kappa shape index (κ3) is 3.05. The third-order valence-electron chi connectivity index (χ3n) is 3.35. The Morgan fingerprint density at radius 2 is 2.35 bits per heavy atom. The Bertz CT molecular complexity index is 531. The lowest BCUT2D eigenvalue weighted by atomic mass is 10.1. The van der Waals surface area contributed by atoms with E-state index in [2.05, 4.69) is 0 Å². The average Bonchev–Trinajstić information content (AvgIpc) is 2.38. The van der Waals surface area contributed by atoms with Crippen molar-refractivity contribution >= 4 is 17.3 Å². The predicted octanol–water partition coefficient (Wildman–Crippen LogP) is 1.58. The van der Waals surface area contributed by atoms with Crippen LogP contribution in [0.4, 0.5) is 11.4 Å². The number of benzene rings is 1. The van der Waals surface area contributed by atoms with Crippen LogP contribution in [0.3, 0.4) is 0 Å². The first-order valence-corrected chi connectivity index (χ1v) is 6.30. The molecule has 1 N–H and O–H groups in total. The highest BCUT2D eigenvalue weighted by Crippen LogP contribution is 2.27. The molecule has 0 aromatic heterocycles. The quantitative estimate of drug-likeness (QED) is 0.665. The average molecular weight is 280 g/mol. The second-order valence-corrected chi connectivity index (χ2v) is 4.75. The summed E-state index contributed by atoms with van der Waals surface area (Å²) in [4.78, 5) is 23.2. The van der Waals surface area contributed by atoms with Gasteiger partial charge >= 0.3 is 5.97 Å². The lowest BCUT2D eigenvalue weighted by Gasteiger charge is -2.36. The van der Waals surface area contributed by atoms with Crippen LogP contribution in [0.15, 0.2) is 18.2 Å². The Balaban J connectivity index is 2.26. The van der Waals surface area contributed by atoms with Crippen molar-refractivity contribution in [2.75, 3.05) is 24.7 Å². The smallest absolute Gasteiger partial charge is 0.305 e. The fourth-order valence-corrected chi connectivity index (χ4v) is 2.39. The Morgan fingerprint density at radius 3 is 2.95 bits per heavy atom. The van der Waals surface area contributed by atoms with Crippen LogP contribution in [0.2, 0.25) is 0 Å². The standard InChI is InChI=1S/C13H16N2O5/c1-9-6-10(2-3-12(9)15(18)19)14-4-5-20-8-11(14)7-13(16)17/h2-3,6,11H,4-5,7-8H2,1H3,(H,16,17). The molecule has 7 heteroatoms. The number of carboxylic acids is 1. The highest BCUT2D eigenvalue weighted by atomic mass is 16.6. The molecule has 0 radical (unpaired) electrons. The SMILES string of the molecule is Cc1cc(N2CCOCC2CC(=O)O)ccc1[N+](=O)[O-]. The van der Waals surface area contributed by atoms with Gasteiger partial charge in [-0.15, -0.1) is 0 Å². The number of rotatable bonds is 4. The molecule has 108 valence electrons. The Hall–Kier alpha value is -2.15. The molecule has 0 spiro atoms. The lowest BCUT2D eigenvalue weighted by molar-refractivity contribution is -0.385. The van der Waals surface area contributed by atoms with Gasteiger partial charge in [0.15, 0.2) is 0 Å². The maximum absolute atomic E-state index is 10.9. The second kappa shape index (κ2) is 5.87. The van der Waals surface area contributed by atoms with Crippen molar-refractivity contribution in [2.45, 2.75) is 19.4 Å². The number of hydrogen-bond acceptors (Lipinski definition) is 5. The van der Waals surface area contributed by atoms with Crippen LogP contribution in [0.5, 0.6) is 0 Å². The minimum Gasteiger partial charge on any atom is -0.481 e. The number of anilines is 1. The van der Waals surface area contributed by atoms with Gasteiger partial charge in [-0.3, -0.25) is 14.9 Å². The monoisotopic (exact) mass is 280 g/mol. The molecule has 1 heterocycles. The summed E-state index contributed by atoms with van der Waals surface area (Å²) in [6, 6.07) is 4.59. The van der Waals surface area contributed by atoms with E-state index in [4.69, 9.17) is 9.84 Å². The van der Waals surface area contributed by atoms with E-state index in [1.807, 2.05) is 4.90 Å². The number of aliphatic carboxylic acids is 1. The summed E-state index contributed by atoms with van der Waals surface area (Å²) in [6.07, 6.45) is -0.0178. The molecule has 0 bridgehead atoms.